The van der Waals surface area contributed by atoms with E-state index in [1.165, 1.54) is 0 Å². The molecule has 0 fully saturated rings. The summed E-state index contributed by atoms with van der Waals surface area (Å²) in [4.78, 5) is 11.9. The molecule has 0 aliphatic heterocycles. The van der Waals surface area contributed by atoms with Gasteiger partial charge in [-0.3, -0.25) is 4.79 Å². The Balaban J connectivity index is 2.68. The standard InChI is InChI=1S/C12H16INO3/c1-16-10-5-3-4-9(8-10)12(15)14-11(17-2)6-7-13/h3-5,8,11H,6-7H2,1-2H3,(H,14,15). The Morgan fingerprint density at radius 2 is 2.24 bits per heavy atom. The van der Waals surface area contributed by atoms with E-state index in [4.69, 9.17) is 9.47 Å². The second kappa shape index (κ2) is 7.50. The van der Waals surface area contributed by atoms with Crippen LogP contribution in [0.25, 0.3) is 0 Å². The predicted molar refractivity (Wildman–Crippen MR) is 74.8 cm³/mol. The zero-order valence-corrected chi connectivity index (χ0v) is 12.1. The van der Waals surface area contributed by atoms with Crippen molar-refractivity contribution >= 4 is 28.5 Å². The molecule has 1 aromatic carbocycles. The smallest absolute Gasteiger partial charge is 0.253 e. The van der Waals surface area contributed by atoms with Crippen LogP contribution in [0.4, 0.5) is 0 Å². The molecule has 94 valence electrons. The van der Waals surface area contributed by atoms with Crippen LogP contribution in [0.2, 0.25) is 0 Å². The summed E-state index contributed by atoms with van der Waals surface area (Å²) in [6, 6.07) is 7.03. The Labute approximate surface area is 115 Å². The Morgan fingerprint density at radius 1 is 1.47 bits per heavy atom. The number of ether oxygens (including phenoxy) is 2. The predicted octanol–water partition coefficient (Wildman–Crippen LogP) is 2.22. The molecule has 0 radical (unpaired) electrons. The summed E-state index contributed by atoms with van der Waals surface area (Å²) in [5, 5.41) is 2.81. The third-order valence-electron chi connectivity index (χ3n) is 2.28. The van der Waals surface area contributed by atoms with Crippen LogP contribution in [0.15, 0.2) is 24.3 Å². The molecule has 0 heterocycles. The zero-order valence-electron chi connectivity index (χ0n) is 9.90. The van der Waals surface area contributed by atoms with Crippen molar-refractivity contribution in [1.29, 1.82) is 0 Å². The Kier molecular flexibility index (Phi) is 6.28. The van der Waals surface area contributed by atoms with Crippen molar-refractivity contribution in [1.82, 2.24) is 5.32 Å². The number of amides is 1. The van der Waals surface area contributed by atoms with Gasteiger partial charge >= 0.3 is 0 Å². The van der Waals surface area contributed by atoms with E-state index >= 15 is 0 Å². The molecule has 0 spiro atoms. The summed E-state index contributed by atoms with van der Waals surface area (Å²) in [5.74, 6) is 0.515. The van der Waals surface area contributed by atoms with E-state index in [2.05, 4.69) is 27.9 Å². The summed E-state index contributed by atoms with van der Waals surface area (Å²) in [5.41, 5.74) is 0.569. The molecule has 0 aliphatic rings. The molecule has 17 heavy (non-hydrogen) atoms. The van der Waals surface area contributed by atoms with Crippen molar-refractivity contribution in [2.45, 2.75) is 12.6 Å². The van der Waals surface area contributed by atoms with Gasteiger partial charge in [-0.15, -0.1) is 0 Å². The average Bonchev–Trinajstić information content (AvgIpc) is 2.38. The fourth-order valence-corrected chi connectivity index (χ4v) is 1.91. The molecule has 0 aromatic heterocycles. The van der Waals surface area contributed by atoms with Crippen LogP contribution in [0.3, 0.4) is 0 Å². The molecule has 0 bridgehead atoms. The first kappa shape index (κ1) is 14.2. The van der Waals surface area contributed by atoms with Gasteiger partial charge in [0, 0.05) is 23.5 Å². The van der Waals surface area contributed by atoms with Gasteiger partial charge in [-0.1, -0.05) is 28.7 Å². The molecule has 1 N–H and O–H groups in total. The largest absolute Gasteiger partial charge is 0.497 e. The monoisotopic (exact) mass is 349 g/mol. The molecule has 0 saturated heterocycles. The van der Waals surface area contributed by atoms with Crippen molar-refractivity contribution < 1.29 is 14.3 Å². The van der Waals surface area contributed by atoms with E-state index in [0.717, 1.165) is 10.8 Å². The normalized spacial score (nSPS) is 11.9. The van der Waals surface area contributed by atoms with Crippen LogP contribution in [0.1, 0.15) is 16.8 Å². The number of hydrogen-bond donors (Lipinski definition) is 1. The quantitative estimate of drug-likeness (QED) is 0.487. The highest BCUT2D eigenvalue weighted by Crippen LogP contribution is 2.12. The van der Waals surface area contributed by atoms with Crippen LogP contribution < -0.4 is 10.1 Å². The van der Waals surface area contributed by atoms with Gasteiger partial charge in [0.25, 0.3) is 5.91 Å². The minimum absolute atomic E-state index is 0.152. The van der Waals surface area contributed by atoms with Gasteiger partial charge < -0.3 is 14.8 Å². The molecule has 4 nitrogen and oxygen atoms in total. The number of alkyl halides is 1. The maximum absolute atomic E-state index is 11.9. The van der Waals surface area contributed by atoms with Crippen LogP contribution in [-0.2, 0) is 4.74 Å². The third-order valence-corrected chi connectivity index (χ3v) is 2.90. The number of halogens is 1. The first-order valence-electron chi connectivity index (χ1n) is 5.25. The molecular formula is C12H16INO3. The van der Waals surface area contributed by atoms with Gasteiger partial charge in [0.15, 0.2) is 0 Å². The lowest BCUT2D eigenvalue weighted by molar-refractivity contribution is 0.0571. The van der Waals surface area contributed by atoms with Gasteiger partial charge in [0.1, 0.15) is 12.0 Å². The summed E-state index contributed by atoms with van der Waals surface area (Å²) in [7, 11) is 3.16. The Bertz CT molecular complexity index is 371. The van der Waals surface area contributed by atoms with Crippen molar-refractivity contribution in [2.75, 3.05) is 18.6 Å². The van der Waals surface area contributed by atoms with E-state index in [0.29, 0.717) is 11.3 Å². The van der Waals surface area contributed by atoms with E-state index < -0.39 is 0 Å². The molecule has 1 aromatic rings. The van der Waals surface area contributed by atoms with Gasteiger partial charge in [-0.05, 0) is 18.2 Å². The van der Waals surface area contributed by atoms with Gasteiger partial charge in [-0.2, -0.15) is 0 Å². The minimum atomic E-state index is -0.245. The number of benzene rings is 1. The lowest BCUT2D eigenvalue weighted by atomic mass is 10.2. The van der Waals surface area contributed by atoms with Gasteiger partial charge in [0.2, 0.25) is 0 Å². The van der Waals surface area contributed by atoms with Crippen molar-refractivity contribution in [2.24, 2.45) is 0 Å². The lowest BCUT2D eigenvalue weighted by Crippen LogP contribution is -2.36. The van der Waals surface area contributed by atoms with E-state index in [1.807, 2.05) is 0 Å². The topological polar surface area (TPSA) is 47.6 Å². The first-order chi connectivity index (χ1) is 8.21. The molecule has 1 atom stereocenters. The van der Waals surface area contributed by atoms with Crippen molar-refractivity contribution in [3.63, 3.8) is 0 Å². The summed E-state index contributed by atoms with van der Waals surface area (Å²) >= 11 is 2.25. The summed E-state index contributed by atoms with van der Waals surface area (Å²) < 4.78 is 11.2. The number of hydrogen-bond acceptors (Lipinski definition) is 3. The number of methoxy groups -OCH3 is 2. The molecule has 1 rings (SSSR count). The molecule has 1 amide bonds. The van der Waals surface area contributed by atoms with Crippen LogP contribution >= 0.6 is 22.6 Å². The Morgan fingerprint density at radius 3 is 2.82 bits per heavy atom. The van der Waals surface area contributed by atoms with Crippen LogP contribution in [0, 0.1) is 0 Å². The lowest BCUT2D eigenvalue weighted by Gasteiger charge is -2.16. The molecule has 0 saturated carbocycles. The fourth-order valence-electron chi connectivity index (χ4n) is 1.34. The maximum Gasteiger partial charge on any atom is 0.253 e. The number of nitrogens with one attached hydrogen (secondary N) is 1. The average molecular weight is 349 g/mol. The number of rotatable bonds is 6. The van der Waals surface area contributed by atoms with E-state index in [1.54, 1.807) is 38.5 Å². The summed E-state index contributed by atoms with van der Waals surface area (Å²) in [6.45, 7) is 0. The minimum Gasteiger partial charge on any atom is -0.497 e. The van der Waals surface area contributed by atoms with Crippen LogP contribution in [0.5, 0.6) is 5.75 Å². The molecule has 1 unspecified atom stereocenters. The zero-order chi connectivity index (χ0) is 12.7. The van der Waals surface area contributed by atoms with E-state index in [-0.39, 0.29) is 12.1 Å². The third kappa shape index (κ3) is 4.51. The van der Waals surface area contributed by atoms with Crippen LogP contribution in [-0.4, -0.2) is 30.8 Å². The highest BCUT2D eigenvalue weighted by molar-refractivity contribution is 14.1. The number of carbonyl (C=O) groups is 1. The fraction of sp³-hybridized carbons (Fsp3) is 0.417. The van der Waals surface area contributed by atoms with Crippen molar-refractivity contribution in [3.8, 4) is 5.75 Å². The molecular weight excluding hydrogens is 333 g/mol. The second-order valence-corrected chi connectivity index (χ2v) is 4.49. The molecule has 5 heteroatoms. The second-order valence-electron chi connectivity index (χ2n) is 3.41. The SMILES string of the molecule is COc1cccc(C(=O)NC(CCI)OC)c1. The van der Waals surface area contributed by atoms with E-state index in [9.17, 15) is 4.79 Å². The van der Waals surface area contributed by atoms with Crippen molar-refractivity contribution in [3.05, 3.63) is 29.8 Å². The maximum atomic E-state index is 11.9. The highest BCUT2D eigenvalue weighted by atomic mass is 127. The van der Waals surface area contributed by atoms with Gasteiger partial charge in [-0.25, -0.2) is 0 Å². The first-order valence-corrected chi connectivity index (χ1v) is 6.77. The number of carbonyl (C=O) groups excluding carboxylic acids is 1. The summed E-state index contributed by atoms with van der Waals surface area (Å²) in [6.07, 6.45) is 0.540. The molecule has 0 aliphatic carbocycles. The highest BCUT2D eigenvalue weighted by Gasteiger charge is 2.12. The van der Waals surface area contributed by atoms with Gasteiger partial charge in [0.05, 0.1) is 7.11 Å². The Hall–Kier alpha value is -0.820.